The van der Waals surface area contributed by atoms with E-state index in [4.69, 9.17) is 9.47 Å². The van der Waals surface area contributed by atoms with E-state index >= 15 is 0 Å². The van der Waals surface area contributed by atoms with E-state index in [1.54, 1.807) is 24.3 Å². The van der Waals surface area contributed by atoms with E-state index in [1.165, 1.54) is 4.31 Å². The zero-order valence-electron chi connectivity index (χ0n) is 17.0. The molecule has 10 nitrogen and oxygen atoms in total. The maximum absolute atomic E-state index is 12.9. The number of amides is 2. The van der Waals surface area contributed by atoms with Crippen LogP contribution < -0.4 is 10.6 Å². The molecule has 166 valence electrons. The van der Waals surface area contributed by atoms with E-state index in [1.807, 2.05) is 6.92 Å². The maximum atomic E-state index is 12.9. The molecule has 0 bridgehead atoms. The lowest BCUT2D eigenvalue weighted by molar-refractivity contribution is -0.139. The minimum absolute atomic E-state index is 0.110. The summed E-state index contributed by atoms with van der Waals surface area (Å²) in [4.78, 5) is 26.4. The molecule has 2 amide bonds. The van der Waals surface area contributed by atoms with Crippen LogP contribution >= 0.6 is 0 Å². The Hall–Kier alpha value is -2.05. The molecule has 0 radical (unpaired) electrons. The zero-order valence-corrected chi connectivity index (χ0v) is 17.8. The van der Waals surface area contributed by atoms with Crippen LogP contribution in [0.3, 0.4) is 0 Å². The summed E-state index contributed by atoms with van der Waals surface area (Å²) in [6.07, 6.45) is -0.860. The number of benzene rings is 1. The first-order valence-corrected chi connectivity index (χ1v) is 11.4. The molecule has 30 heavy (non-hydrogen) atoms. The van der Waals surface area contributed by atoms with E-state index in [9.17, 15) is 18.0 Å². The highest BCUT2D eigenvalue weighted by atomic mass is 32.2. The number of hydrogen-bond donors (Lipinski definition) is 2. The number of rotatable bonds is 7. The first kappa shape index (κ1) is 22.6. The summed E-state index contributed by atoms with van der Waals surface area (Å²) in [7, 11) is -3.76. The van der Waals surface area contributed by atoms with Crippen LogP contribution in [0, 0.1) is 6.92 Å². The summed E-state index contributed by atoms with van der Waals surface area (Å²) in [5.41, 5.74) is 0.954. The van der Waals surface area contributed by atoms with E-state index in [0.717, 1.165) is 18.7 Å². The van der Waals surface area contributed by atoms with Gasteiger partial charge in [-0.15, -0.1) is 0 Å². The van der Waals surface area contributed by atoms with Gasteiger partial charge in [0.2, 0.25) is 10.0 Å². The van der Waals surface area contributed by atoms with Gasteiger partial charge in [-0.1, -0.05) is 17.7 Å². The Kier molecular flexibility index (Phi) is 7.78. The van der Waals surface area contributed by atoms with Crippen LogP contribution in [-0.2, 0) is 29.1 Å². The average molecular weight is 441 g/mol. The maximum Gasteiger partial charge on any atom is 0.309 e. The Morgan fingerprint density at radius 2 is 1.70 bits per heavy atom. The molecule has 11 heteroatoms. The normalized spacial score (nSPS) is 20.8. The molecule has 1 aromatic carbocycles. The lowest BCUT2D eigenvalue weighted by Crippen LogP contribution is -2.48. The van der Waals surface area contributed by atoms with Crippen molar-refractivity contribution in [3.05, 3.63) is 29.8 Å². The fourth-order valence-electron chi connectivity index (χ4n) is 3.28. The molecular weight excluding hydrogens is 412 g/mol. The van der Waals surface area contributed by atoms with E-state index in [2.05, 4.69) is 15.5 Å². The van der Waals surface area contributed by atoms with Crippen molar-refractivity contribution in [1.82, 2.24) is 19.8 Å². The van der Waals surface area contributed by atoms with Crippen molar-refractivity contribution in [3.63, 3.8) is 0 Å². The summed E-state index contributed by atoms with van der Waals surface area (Å²) in [6.45, 7) is 6.07. The molecule has 2 aliphatic heterocycles. The molecule has 0 aromatic heterocycles. The first-order valence-electron chi connectivity index (χ1n) is 9.94. The largest absolute Gasteiger partial charge is 0.379 e. The van der Waals surface area contributed by atoms with Gasteiger partial charge in [0.05, 0.1) is 31.3 Å². The molecule has 2 heterocycles. The van der Waals surface area contributed by atoms with Gasteiger partial charge in [-0.3, -0.25) is 14.5 Å². The number of nitrogens with one attached hydrogen (secondary N) is 2. The quantitative estimate of drug-likeness (QED) is 0.517. The third-order valence-corrected chi connectivity index (χ3v) is 6.93. The summed E-state index contributed by atoms with van der Waals surface area (Å²) in [6, 6.07) is 6.53. The van der Waals surface area contributed by atoms with E-state index < -0.39 is 28.1 Å². The van der Waals surface area contributed by atoms with Gasteiger partial charge >= 0.3 is 11.8 Å². The third kappa shape index (κ3) is 5.76. The van der Waals surface area contributed by atoms with E-state index in [-0.39, 0.29) is 24.6 Å². The van der Waals surface area contributed by atoms with Crippen molar-refractivity contribution in [2.24, 2.45) is 0 Å². The number of sulfonamides is 1. The molecule has 2 aliphatic rings. The number of carbonyl (C=O) groups is 2. The van der Waals surface area contributed by atoms with E-state index in [0.29, 0.717) is 26.3 Å². The SMILES string of the molecule is Cc1ccc(S(=O)(=O)N2CCO[C@H]2CNC(=O)C(=O)NCCN2CCOCC2)cc1. The van der Waals surface area contributed by atoms with Crippen molar-refractivity contribution in [3.8, 4) is 0 Å². The van der Waals surface area contributed by atoms with Crippen LogP contribution in [0.1, 0.15) is 5.56 Å². The highest BCUT2D eigenvalue weighted by molar-refractivity contribution is 7.89. The molecule has 0 aliphatic carbocycles. The molecule has 0 spiro atoms. The second-order valence-electron chi connectivity index (χ2n) is 7.17. The Balaban J connectivity index is 1.47. The second kappa shape index (κ2) is 10.3. The molecule has 1 atom stereocenters. The molecule has 0 saturated carbocycles. The fourth-order valence-corrected chi connectivity index (χ4v) is 4.79. The minimum atomic E-state index is -3.76. The zero-order chi connectivity index (χ0) is 21.6. The summed E-state index contributed by atoms with van der Waals surface area (Å²) >= 11 is 0. The second-order valence-corrected chi connectivity index (χ2v) is 9.06. The first-order chi connectivity index (χ1) is 14.4. The highest BCUT2D eigenvalue weighted by Crippen LogP contribution is 2.22. The smallest absolute Gasteiger partial charge is 0.309 e. The lowest BCUT2D eigenvalue weighted by Gasteiger charge is -2.26. The van der Waals surface area contributed by atoms with Crippen molar-refractivity contribution < 1.29 is 27.5 Å². The lowest BCUT2D eigenvalue weighted by atomic mass is 10.2. The topological polar surface area (TPSA) is 117 Å². The van der Waals surface area contributed by atoms with Crippen LogP contribution in [0.5, 0.6) is 0 Å². The van der Waals surface area contributed by atoms with Gasteiger partial charge < -0.3 is 20.1 Å². The van der Waals surface area contributed by atoms with Crippen molar-refractivity contribution >= 4 is 21.8 Å². The van der Waals surface area contributed by atoms with Crippen molar-refractivity contribution in [1.29, 1.82) is 0 Å². The third-order valence-electron chi connectivity index (χ3n) is 5.03. The molecule has 3 rings (SSSR count). The molecule has 2 fully saturated rings. The number of aryl methyl sites for hydroxylation is 1. The van der Waals surface area contributed by atoms with Crippen LogP contribution in [0.25, 0.3) is 0 Å². The van der Waals surface area contributed by atoms with Gasteiger partial charge in [-0.05, 0) is 19.1 Å². The standard InChI is InChI=1S/C19H28N4O6S/c1-15-2-4-16(5-3-15)30(26,27)23-10-13-29-17(23)14-21-19(25)18(24)20-6-7-22-8-11-28-12-9-22/h2-5,17H,6-14H2,1H3,(H,20,24)(H,21,25)/t17-/m0/s1. The van der Waals surface area contributed by atoms with Gasteiger partial charge in [-0.2, -0.15) is 4.31 Å². The van der Waals surface area contributed by atoms with Crippen LogP contribution in [-0.4, -0.2) is 94.8 Å². The monoisotopic (exact) mass is 440 g/mol. The van der Waals surface area contributed by atoms with Crippen LogP contribution in [0.2, 0.25) is 0 Å². The number of nitrogens with zero attached hydrogens (tertiary/aromatic N) is 2. The number of carbonyl (C=O) groups excluding carboxylic acids is 2. The molecule has 1 aromatic rings. The van der Waals surface area contributed by atoms with Gasteiger partial charge in [-0.25, -0.2) is 8.42 Å². The van der Waals surface area contributed by atoms with Gasteiger partial charge in [0.15, 0.2) is 0 Å². The number of hydrogen-bond acceptors (Lipinski definition) is 7. The van der Waals surface area contributed by atoms with Gasteiger partial charge in [0, 0.05) is 32.7 Å². The Morgan fingerprint density at radius 3 is 2.40 bits per heavy atom. The number of morpholine rings is 1. The molecule has 2 saturated heterocycles. The molecule has 2 N–H and O–H groups in total. The van der Waals surface area contributed by atoms with Crippen molar-refractivity contribution in [2.45, 2.75) is 18.0 Å². The van der Waals surface area contributed by atoms with Crippen molar-refractivity contribution in [2.75, 3.05) is 59.1 Å². The van der Waals surface area contributed by atoms with Crippen LogP contribution in [0.15, 0.2) is 29.2 Å². The number of ether oxygens (including phenoxy) is 2. The van der Waals surface area contributed by atoms with Crippen LogP contribution in [0.4, 0.5) is 0 Å². The Labute approximate surface area is 176 Å². The average Bonchev–Trinajstić information content (AvgIpc) is 3.22. The predicted molar refractivity (Wildman–Crippen MR) is 108 cm³/mol. The highest BCUT2D eigenvalue weighted by Gasteiger charge is 2.36. The van der Waals surface area contributed by atoms with Gasteiger partial charge in [0.1, 0.15) is 6.23 Å². The summed E-state index contributed by atoms with van der Waals surface area (Å²) in [5.74, 6) is -1.57. The minimum Gasteiger partial charge on any atom is -0.379 e. The molecular formula is C19H28N4O6S. The Bertz CT molecular complexity index is 839. The Morgan fingerprint density at radius 1 is 1.03 bits per heavy atom. The predicted octanol–water partition coefficient (Wildman–Crippen LogP) is -1.09. The molecule has 0 unspecified atom stereocenters. The summed E-state index contributed by atoms with van der Waals surface area (Å²) in [5, 5.41) is 5.03. The fraction of sp³-hybridized carbons (Fsp3) is 0.579. The summed E-state index contributed by atoms with van der Waals surface area (Å²) < 4.78 is 37.7. The van der Waals surface area contributed by atoms with Gasteiger partial charge in [0.25, 0.3) is 0 Å².